The minimum Gasteiger partial charge on any atom is -1.00 e. The second-order valence-corrected chi connectivity index (χ2v) is 4.67. The summed E-state index contributed by atoms with van der Waals surface area (Å²) in [7, 11) is 0. The molecule has 0 aromatic heterocycles. The summed E-state index contributed by atoms with van der Waals surface area (Å²) in [6.45, 7) is 0. The Labute approximate surface area is 144 Å². The largest absolute Gasteiger partial charge is 1.00 e. The molecule has 20 heavy (non-hydrogen) atoms. The molecule has 3 aromatic rings. The third kappa shape index (κ3) is 3.40. The van der Waals surface area contributed by atoms with Crippen LogP contribution in [0.15, 0.2) is 91.0 Å². The molecule has 0 radical (unpaired) electrons. The van der Waals surface area contributed by atoms with Crippen LogP contribution < -0.4 is 29.6 Å². The monoisotopic (exact) mass is 268 g/mol. The fourth-order valence-corrected chi connectivity index (χ4v) is 2.51. The molecule has 1 heteroatoms. The smallest absolute Gasteiger partial charge is 1.00 e. The normalized spacial score (nSPS) is 10.1. The van der Waals surface area contributed by atoms with Crippen molar-refractivity contribution in [2.75, 3.05) is 0 Å². The van der Waals surface area contributed by atoms with E-state index in [1.807, 2.05) is 0 Å². The summed E-state index contributed by atoms with van der Waals surface area (Å²) in [5.41, 5.74) is 4.00. The molecule has 0 heterocycles. The number of rotatable bonds is 3. The van der Waals surface area contributed by atoms with Gasteiger partial charge in [0.2, 0.25) is 0 Å². The van der Waals surface area contributed by atoms with E-state index in [-0.39, 0.29) is 31.0 Å². The molecule has 0 bridgehead atoms. The van der Waals surface area contributed by atoms with E-state index in [9.17, 15) is 0 Å². The van der Waals surface area contributed by atoms with Gasteiger partial charge in [-0.1, -0.05) is 91.0 Å². The van der Waals surface area contributed by atoms with Crippen LogP contribution >= 0.6 is 0 Å². The van der Waals surface area contributed by atoms with Crippen LogP contribution in [0.1, 0.15) is 24.0 Å². The van der Waals surface area contributed by atoms with Crippen LogP contribution in [-0.4, -0.2) is 0 Å². The molecule has 0 aliphatic heterocycles. The van der Waals surface area contributed by atoms with Gasteiger partial charge in [0.1, 0.15) is 0 Å². The predicted molar refractivity (Wildman–Crippen MR) is 81.4 cm³/mol. The molecule has 0 N–H and O–H groups in total. The molecule has 94 valence electrons. The molecule has 3 rings (SSSR count). The second kappa shape index (κ2) is 7.44. The number of hydrogen-bond acceptors (Lipinski definition) is 0. The van der Waals surface area contributed by atoms with E-state index in [1.54, 1.807) is 0 Å². The standard InChI is InChI=1S/C19H16.Na.H/c1-4-10-16(11-5-1)19(17-12-6-2-7-13-17)18-14-8-3-9-15-18;;/h1-15,19H;;/q;+1;-1. The minimum absolute atomic E-state index is 0. The molecule has 0 aliphatic rings. The summed E-state index contributed by atoms with van der Waals surface area (Å²) in [4.78, 5) is 0. The SMILES string of the molecule is [H-].[Na+].c1ccc(C(c2ccccc2)c2ccccc2)cc1. The van der Waals surface area contributed by atoms with Crippen LogP contribution in [0.25, 0.3) is 0 Å². The average molecular weight is 268 g/mol. The van der Waals surface area contributed by atoms with Gasteiger partial charge in [-0.25, -0.2) is 0 Å². The van der Waals surface area contributed by atoms with Crippen LogP contribution in [0.5, 0.6) is 0 Å². The van der Waals surface area contributed by atoms with Gasteiger partial charge in [-0.2, -0.15) is 0 Å². The van der Waals surface area contributed by atoms with Crippen molar-refractivity contribution in [3.63, 3.8) is 0 Å². The number of hydrogen-bond donors (Lipinski definition) is 0. The molecule has 0 aliphatic carbocycles. The summed E-state index contributed by atoms with van der Waals surface area (Å²) in [5.74, 6) is 0.309. The Kier molecular flexibility index (Phi) is 5.60. The minimum atomic E-state index is 0. The molecule has 0 saturated heterocycles. The maximum absolute atomic E-state index is 2.20. The van der Waals surface area contributed by atoms with Gasteiger partial charge in [0.25, 0.3) is 0 Å². The summed E-state index contributed by atoms with van der Waals surface area (Å²) in [6.07, 6.45) is 0. The molecule has 0 spiro atoms. The Morgan fingerprint density at radius 2 is 0.700 bits per heavy atom. The Morgan fingerprint density at radius 1 is 0.450 bits per heavy atom. The summed E-state index contributed by atoms with van der Waals surface area (Å²) in [5, 5.41) is 0. The van der Waals surface area contributed by atoms with Crippen molar-refractivity contribution in [2.45, 2.75) is 5.92 Å². The first-order valence-electron chi connectivity index (χ1n) is 6.60. The van der Waals surface area contributed by atoms with Gasteiger partial charge < -0.3 is 1.43 Å². The Bertz CT molecular complexity index is 530. The van der Waals surface area contributed by atoms with Crippen molar-refractivity contribution in [2.24, 2.45) is 0 Å². The fourth-order valence-electron chi connectivity index (χ4n) is 2.51. The van der Waals surface area contributed by atoms with Crippen molar-refractivity contribution in [1.29, 1.82) is 0 Å². The first kappa shape index (κ1) is 15.1. The Balaban J connectivity index is 0.00000110. The van der Waals surface area contributed by atoms with Gasteiger partial charge in [-0.15, -0.1) is 0 Å². The maximum Gasteiger partial charge on any atom is 1.00 e. The van der Waals surface area contributed by atoms with E-state index in [1.165, 1.54) is 16.7 Å². The van der Waals surface area contributed by atoms with E-state index in [4.69, 9.17) is 0 Å². The van der Waals surface area contributed by atoms with Crippen molar-refractivity contribution in [3.05, 3.63) is 108 Å². The summed E-state index contributed by atoms with van der Waals surface area (Å²) >= 11 is 0. The average Bonchev–Trinajstić information content (AvgIpc) is 2.51. The van der Waals surface area contributed by atoms with Crippen molar-refractivity contribution in [3.8, 4) is 0 Å². The van der Waals surface area contributed by atoms with Crippen LogP contribution in [-0.2, 0) is 0 Å². The van der Waals surface area contributed by atoms with Gasteiger partial charge in [0.15, 0.2) is 0 Å². The fraction of sp³-hybridized carbons (Fsp3) is 0.0526. The zero-order valence-corrected chi connectivity index (χ0v) is 13.7. The quantitative estimate of drug-likeness (QED) is 0.503. The van der Waals surface area contributed by atoms with E-state index < -0.39 is 0 Å². The second-order valence-electron chi connectivity index (χ2n) is 4.67. The third-order valence-electron chi connectivity index (χ3n) is 3.40. The van der Waals surface area contributed by atoms with Crippen molar-refractivity contribution >= 4 is 0 Å². The van der Waals surface area contributed by atoms with E-state index >= 15 is 0 Å². The molecule has 0 nitrogen and oxygen atoms in total. The van der Waals surface area contributed by atoms with Crippen LogP contribution in [0.2, 0.25) is 0 Å². The summed E-state index contributed by atoms with van der Waals surface area (Å²) in [6, 6.07) is 32.0. The summed E-state index contributed by atoms with van der Waals surface area (Å²) < 4.78 is 0. The van der Waals surface area contributed by atoms with E-state index in [2.05, 4.69) is 91.0 Å². The van der Waals surface area contributed by atoms with E-state index in [0.717, 1.165) is 0 Å². The maximum atomic E-state index is 2.20. The topological polar surface area (TPSA) is 0 Å². The number of benzene rings is 3. The first-order chi connectivity index (χ1) is 9.45. The molecule has 0 unspecified atom stereocenters. The molecule has 0 fully saturated rings. The third-order valence-corrected chi connectivity index (χ3v) is 3.40. The zero-order valence-electron chi connectivity index (χ0n) is 12.7. The van der Waals surface area contributed by atoms with Crippen LogP contribution in [0.4, 0.5) is 0 Å². The molecule has 0 amide bonds. The van der Waals surface area contributed by atoms with E-state index in [0.29, 0.717) is 5.92 Å². The van der Waals surface area contributed by atoms with Crippen molar-refractivity contribution in [1.82, 2.24) is 0 Å². The predicted octanol–water partition coefficient (Wildman–Crippen LogP) is 1.98. The van der Waals surface area contributed by atoms with Gasteiger partial charge >= 0.3 is 29.6 Å². The van der Waals surface area contributed by atoms with Crippen molar-refractivity contribution < 1.29 is 31.0 Å². The molecule has 3 aromatic carbocycles. The Hall–Kier alpha value is -1.34. The van der Waals surface area contributed by atoms with Gasteiger partial charge in [-0.3, -0.25) is 0 Å². The van der Waals surface area contributed by atoms with Crippen LogP contribution in [0, 0.1) is 0 Å². The molecule has 0 saturated carbocycles. The zero-order chi connectivity index (χ0) is 12.9. The Morgan fingerprint density at radius 3 is 0.950 bits per heavy atom. The van der Waals surface area contributed by atoms with Crippen LogP contribution in [0.3, 0.4) is 0 Å². The molecular formula is C19H17Na. The van der Waals surface area contributed by atoms with Gasteiger partial charge in [0.05, 0.1) is 0 Å². The molecule has 0 atom stereocenters. The first-order valence-corrected chi connectivity index (χ1v) is 6.60. The van der Waals surface area contributed by atoms with Gasteiger partial charge in [0, 0.05) is 5.92 Å². The molecular weight excluding hydrogens is 251 g/mol. The van der Waals surface area contributed by atoms with Gasteiger partial charge in [-0.05, 0) is 16.7 Å².